The van der Waals surface area contributed by atoms with Crippen molar-refractivity contribution in [3.63, 3.8) is 0 Å². The first-order chi connectivity index (χ1) is 11.7. The molecule has 1 heterocycles. The predicted octanol–water partition coefficient (Wildman–Crippen LogP) is 4.10. The zero-order chi connectivity index (χ0) is 17.4. The number of rotatable bonds is 7. The third-order valence-corrected chi connectivity index (χ3v) is 4.91. The number of aromatic nitrogens is 1. The number of hydrogen-bond donors (Lipinski definition) is 0. The van der Waals surface area contributed by atoms with Crippen LogP contribution in [0.4, 0.5) is 0 Å². The van der Waals surface area contributed by atoms with Gasteiger partial charge in [0.05, 0.1) is 16.5 Å². The summed E-state index contributed by atoms with van der Waals surface area (Å²) in [5.41, 5.74) is 4.37. The van der Waals surface area contributed by atoms with Crippen molar-refractivity contribution in [3.8, 4) is 0 Å². The lowest BCUT2D eigenvalue weighted by Gasteiger charge is -2.07. The third kappa shape index (κ3) is 4.96. The second-order valence-corrected chi connectivity index (χ2v) is 6.95. The fourth-order valence-corrected chi connectivity index (χ4v) is 3.45. The van der Waals surface area contributed by atoms with E-state index in [1.54, 1.807) is 13.3 Å². The van der Waals surface area contributed by atoms with Crippen LogP contribution in [0.5, 0.6) is 0 Å². The lowest BCUT2D eigenvalue weighted by molar-refractivity contribution is 0.685. The Morgan fingerprint density at radius 3 is 2.62 bits per heavy atom. The van der Waals surface area contributed by atoms with Gasteiger partial charge in [-0.05, 0) is 49.4 Å². The molecule has 0 N–H and O–H groups in total. The normalized spacial score (nSPS) is 13.4. The van der Waals surface area contributed by atoms with Crippen LogP contribution in [-0.4, -0.2) is 28.7 Å². The summed E-state index contributed by atoms with van der Waals surface area (Å²) in [6, 6.07) is 12.1. The molecule has 0 aliphatic carbocycles. The minimum absolute atomic E-state index is 0.931. The van der Waals surface area contributed by atoms with Crippen LogP contribution in [0, 0.1) is 0 Å². The fourth-order valence-electron chi connectivity index (χ4n) is 2.64. The number of allylic oxidation sites excluding steroid dienone is 2. The topological polar surface area (TPSA) is 42.3 Å². The molecule has 0 saturated carbocycles. The standard InChI is InChI=1S/C20H24N2OS/c1-4-17(15-21-2)19-13-12-16(14-22-19)8-7-10-18-9-5-6-11-20(18)24(3)23/h4-6,9,11-15H,7-8,10H2,1-3H3/b17-4+,21-15?. The van der Waals surface area contributed by atoms with Crippen molar-refractivity contribution in [1.82, 2.24) is 4.98 Å². The number of pyridine rings is 1. The Bertz CT molecular complexity index is 748. The van der Waals surface area contributed by atoms with Gasteiger partial charge in [0.15, 0.2) is 0 Å². The SMILES string of the molecule is C/C=C(\C=NC)c1ccc(CCCc2ccccc2S(C)=O)cn1. The highest BCUT2D eigenvalue weighted by atomic mass is 32.2. The molecule has 126 valence electrons. The van der Waals surface area contributed by atoms with E-state index in [0.29, 0.717) is 0 Å². The molecule has 0 aliphatic rings. The highest BCUT2D eigenvalue weighted by molar-refractivity contribution is 7.84. The highest BCUT2D eigenvalue weighted by Gasteiger charge is 2.05. The molecule has 0 aliphatic heterocycles. The Kier molecular flexibility index (Phi) is 7.07. The Morgan fingerprint density at radius 1 is 1.21 bits per heavy atom. The van der Waals surface area contributed by atoms with Gasteiger partial charge in [-0.15, -0.1) is 0 Å². The first-order valence-electron chi connectivity index (χ1n) is 8.10. The number of aliphatic imine (C=N–C) groups is 1. The molecule has 0 saturated heterocycles. The molecule has 0 fully saturated rings. The summed E-state index contributed by atoms with van der Waals surface area (Å²) >= 11 is 0. The zero-order valence-corrected chi connectivity index (χ0v) is 15.3. The summed E-state index contributed by atoms with van der Waals surface area (Å²) in [5, 5.41) is 0. The van der Waals surface area contributed by atoms with Gasteiger partial charge in [-0.1, -0.05) is 30.3 Å². The van der Waals surface area contributed by atoms with E-state index in [-0.39, 0.29) is 0 Å². The quantitative estimate of drug-likeness (QED) is 0.712. The van der Waals surface area contributed by atoms with Gasteiger partial charge in [0, 0.05) is 36.2 Å². The van der Waals surface area contributed by atoms with Gasteiger partial charge in [-0.2, -0.15) is 0 Å². The van der Waals surface area contributed by atoms with E-state index in [0.717, 1.165) is 35.4 Å². The Labute approximate surface area is 147 Å². The molecule has 4 heteroatoms. The van der Waals surface area contributed by atoms with Gasteiger partial charge < -0.3 is 0 Å². The van der Waals surface area contributed by atoms with Crippen molar-refractivity contribution in [2.75, 3.05) is 13.3 Å². The van der Waals surface area contributed by atoms with Crippen LogP contribution < -0.4 is 0 Å². The maximum atomic E-state index is 11.8. The monoisotopic (exact) mass is 340 g/mol. The van der Waals surface area contributed by atoms with Gasteiger partial charge in [-0.3, -0.25) is 14.2 Å². The molecule has 2 aromatic rings. The first kappa shape index (κ1) is 18.3. The van der Waals surface area contributed by atoms with E-state index in [2.05, 4.69) is 22.1 Å². The van der Waals surface area contributed by atoms with E-state index in [1.807, 2.05) is 49.7 Å². The number of benzene rings is 1. The lowest BCUT2D eigenvalue weighted by Crippen LogP contribution is -1.98. The van der Waals surface area contributed by atoms with E-state index in [9.17, 15) is 4.21 Å². The molecule has 2 rings (SSSR count). The Morgan fingerprint density at radius 2 is 2.00 bits per heavy atom. The maximum Gasteiger partial charge on any atom is 0.0714 e. The summed E-state index contributed by atoms with van der Waals surface area (Å²) < 4.78 is 11.8. The van der Waals surface area contributed by atoms with E-state index >= 15 is 0 Å². The third-order valence-electron chi connectivity index (χ3n) is 3.89. The number of nitrogens with zero attached hydrogens (tertiary/aromatic N) is 2. The molecule has 0 spiro atoms. The first-order valence-corrected chi connectivity index (χ1v) is 9.66. The van der Waals surface area contributed by atoms with Crippen molar-refractivity contribution in [1.29, 1.82) is 0 Å². The second-order valence-electron chi connectivity index (χ2n) is 5.60. The zero-order valence-electron chi connectivity index (χ0n) is 14.5. The van der Waals surface area contributed by atoms with Gasteiger partial charge in [-0.25, -0.2) is 0 Å². The van der Waals surface area contributed by atoms with Crippen LogP contribution in [0.15, 0.2) is 58.6 Å². The van der Waals surface area contributed by atoms with Crippen molar-refractivity contribution >= 4 is 22.6 Å². The van der Waals surface area contributed by atoms with Crippen molar-refractivity contribution < 1.29 is 4.21 Å². The van der Waals surface area contributed by atoms with Crippen LogP contribution in [0.1, 0.15) is 30.2 Å². The Balaban J connectivity index is 1.97. The average Bonchev–Trinajstić information content (AvgIpc) is 2.60. The summed E-state index contributed by atoms with van der Waals surface area (Å²) in [7, 11) is 0.832. The highest BCUT2D eigenvalue weighted by Crippen LogP contribution is 2.16. The molecule has 24 heavy (non-hydrogen) atoms. The Hall–Kier alpha value is -2.07. The summed E-state index contributed by atoms with van der Waals surface area (Å²) in [6.45, 7) is 1.99. The fraction of sp³-hybridized carbons (Fsp3) is 0.300. The van der Waals surface area contributed by atoms with E-state index in [4.69, 9.17) is 0 Å². The number of hydrogen-bond acceptors (Lipinski definition) is 3. The predicted molar refractivity (Wildman–Crippen MR) is 103 cm³/mol. The smallest absolute Gasteiger partial charge is 0.0714 e. The van der Waals surface area contributed by atoms with E-state index < -0.39 is 10.8 Å². The van der Waals surface area contributed by atoms with Crippen molar-refractivity contribution in [3.05, 3.63) is 65.5 Å². The molecular weight excluding hydrogens is 316 g/mol. The van der Waals surface area contributed by atoms with Gasteiger partial charge >= 0.3 is 0 Å². The number of aryl methyl sites for hydroxylation is 2. The van der Waals surface area contributed by atoms with Crippen LogP contribution in [0.2, 0.25) is 0 Å². The molecule has 0 bridgehead atoms. The molecule has 1 aromatic carbocycles. The molecule has 0 amide bonds. The van der Waals surface area contributed by atoms with Crippen LogP contribution in [0.25, 0.3) is 5.57 Å². The molecule has 1 unspecified atom stereocenters. The molecular formula is C20H24N2OS. The van der Waals surface area contributed by atoms with Crippen LogP contribution in [0.3, 0.4) is 0 Å². The summed E-state index contributed by atoms with van der Waals surface area (Å²) in [5.74, 6) is 0. The summed E-state index contributed by atoms with van der Waals surface area (Å²) in [4.78, 5) is 9.53. The van der Waals surface area contributed by atoms with Gasteiger partial charge in [0.1, 0.15) is 0 Å². The van der Waals surface area contributed by atoms with Crippen molar-refractivity contribution in [2.24, 2.45) is 4.99 Å². The molecule has 1 aromatic heterocycles. The average molecular weight is 340 g/mol. The summed E-state index contributed by atoms with van der Waals surface area (Å²) in [6.07, 6.45) is 10.4. The van der Waals surface area contributed by atoms with Crippen LogP contribution in [-0.2, 0) is 23.6 Å². The largest absolute Gasteiger partial charge is 0.296 e. The van der Waals surface area contributed by atoms with Gasteiger partial charge in [0.2, 0.25) is 0 Å². The minimum Gasteiger partial charge on any atom is -0.296 e. The molecule has 3 nitrogen and oxygen atoms in total. The van der Waals surface area contributed by atoms with Crippen molar-refractivity contribution in [2.45, 2.75) is 31.1 Å². The maximum absolute atomic E-state index is 11.8. The van der Waals surface area contributed by atoms with Crippen LogP contribution >= 0.6 is 0 Å². The second kappa shape index (κ2) is 9.28. The minimum atomic E-state index is -0.931. The van der Waals surface area contributed by atoms with Gasteiger partial charge in [0.25, 0.3) is 0 Å². The van der Waals surface area contributed by atoms with E-state index in [1.165, 1.54) is 11.1 Å². The molecule has 0 radical (unpaired) electrons. The lowest BCUT2D eigenvalue weighted by atomic mass is 10.0. The molecule has 1 atom stereocenters.